The fourth-order valence-corrected chi connectivity index (χ4v) is 3.45. The molecule has 2 atom stereocenters. The van der Waals surface area contributed by atoms with Gasteiger partial charge in [0.25, 0.3) is 0 Å². The topological polar surface area (TPSA) is 9.23 Å². The third-order valence-corrected chi connectivity index (χ3v) is 5.02. The average Bonchev–Trinajstić information content (AvgIpc) is 2.57. The maximum absolute atomic E-state index is 6.10. The maximum atomic E-state index is 6.10. The summed E-state index contributed by atoms with van der Waals surface area (Å²) in [5, 5.41) is 0. The lowest BCUT2D eigenvalue weighted by Gasteiger charge is -2.29. The molecule has 2 unspecified atom stereocenters. The summed E-state index contributed by atoms with van der Waals surface area (Å²) < 4.78 is 6.10. The van der Waals surface area contributed by atoms with Crippen molar-refractivity contribution in [3.63, 3.8) is 0 Å². The normalized spacial score (nSPS) is 21.9. The van der Waals surface area contributed by atoms with Gasteiger partial charge in [-0.1, -0.05) is 70.2 Å². The van der Waals surface area contributed by atoms with Crippen molar-refractivity contribution in [3.8, 4) is 0 Å². The third-order valence-electron chi connectivity index (χ3n) is 5.02. The molecule has 0 bridgehead atoms. The van der Waals surface area contributed by atoms with Crippen LogP contribution in [0.15, 0.2) is 24.3 Å². The minimum Gasteiger partial charge on any atom is -0.378 e. The monoisotopic (exact) mass is 302 g/mol. The summed E-state index contributed by atoms with van der Waals surface area (Å²) in [5.41, 5.74) is 2.97. The van der Waals surface area contributed by atoms with Gasteiger partial charge >= 0.3 is 0 Å². The van der Waals surface area contributed by atoms with E-state index in [1.54, 1.807) is 0 Å². The third kappa shape index (κ3) is 5.76. The minimum absolute atomic E-state index is 0.524. The Kier molecular flexibility index (Phi) is 8.01. The molecule has 0 aliphatic carbocycles. The number of benzene rings is 1. The van der Waals surface area contributed by atoms with Gasteiger partial charge in [-0.2, -0.15) is 0 Å². The second-order valence-electron chi connectivity index (χ2n) is 6.92. The summed E-state index contributed by atoms with van der Waals surface area (Å²) in [6.07, 6.45) is 13.5. The lowest BCUT2D eigenvalue weighted by atomic mass is 9.89. The van der Waals surface area contributed by atoms with Crippen LogP contribution in [0.5, 0.6) is 0 Å². The van der Waals surface area contributed by atoms with Gasteiger partial charge in [-0.25, -0.2) is 0 Å². The van der Waals surface area contributed by atoms with Crippen molar-refractivity contribution in [1.82, 2.24) is 0 Å². The highest BCUT2D eigenvalue weighted by atomic mass is 16.5. The lowest BCUT2D eigenvalue weighted by Crippen LogP contribution is -2.24. The first kappa shape index (κ1) is 17.5. The van der Waals surface area contributed by atoms with Crippen molar-refractivity contribution in [2.45, 2.75) is 90.1 Å². The molecule has 0 N–H and O–H groups in total. The van der Waals surface area contributed by atoms with Crippen LogP contribution in [0.4, 0.5) is 0 Å². The van der Waals surface area contributed by atoms with Crippen molar-refractivity contribution in [2.24, 2.45) is 0 Å². The first-order valence-corrected chi connectivity index (χ1v) is 9.54. The number of ether oxygens (including phenoxy) is 1. The molecule has 0 amide bonds. The van der Waals surface area contributed by atoms with Crippen LogP contribution in [0.2, 0.25) is 0 Å². The second kappa shape index (κ2) is 10.0. The van der Waals surface area contributed by atoms with Crippen LogP contribution in [0.3, 0.4) is 0 Å². The van der Waals surface area contributed by atoms with E-state index in [-0.39, 0.29) is 0 Å². The molecule has 124 valence electrons. The first-order chi connectivity index (χ1) is 10.8. The fourth-order valence-electron chi connectivity index (χ4n) is 3.45. The van der Waals surface area contributed by atoms with Crippen LogP contribution in [0, 0.1) is 0 Å². The Morgan fingerprint density at radius 2 is 1.64 bits per heavy atom. The predicted molar refractivity (Wildman–Crippen MR) is 95.5 cm³/mol. The molecule has 1 saturated heterocycles. The molecule has 1 fully saturated rings. The lowest BCUT2D eigenvalue weighted by molar-refractivity contribution is -0.00208. The molecule has 0 aromatic heterocycles. The molecular formula is C21H34O. The molecule has 1 heterocycles. The summed E-state index contributed by atoms with van der Waals surface area (Å²) in [5.74, 6) is 0.618. The average molecular weight is 303 g/mol. The van der Waals surface area contributed by atoms with Crippen LogP contribution in [0.1, 0.15) is 88.7 Å². The number of hydrogen-bond acceptors (Lipinski definition) is 1. The zero-order valence-electron chi connectivity index (χ0n) is 14.7. The Labute approximate surface area is 137 Å². The SMILES string of the molecule is CCCCCc1ccc(C2CCC(CCCCC)OC2)cc1. The van der Waals surface area contributed by atoms with E-state index in [4.69, 9.17) is 4.74 Å². The Balaban J connectivity index is 1.74. The van der Waals surface area contributed by atoms with Gasteiger partial charge in [-0.3, -0.25) is 0 Å². The van der Waals surface area contributed by atoms with E-state index in [0.29, 0.717) is 12.0 Å². The highest BCUT2D eigenvalue weighted by molar-refractivity contribution is 5.26. The number of rotatable bonds is 9. The molecule has 1 nitrogen and oxygen atoms in total. The molecule has 1 aromatic rings. The summed E-state index contributed by atoms with van der Waals surface area (Å²) in [4.78, 5) is 0. The number of unbranched alkanes of at least 4 members (excludes halogenated alkanes) is 4. The van der Waals surface area contributed by atoms with Gasteiger partial charge in [0.1, 0.15) is 0 Å². The van der Waals surface area contributed by atoms with E-state index in [9.17, 15) is 0 Å². The molecule has 22 heavy (non-hydrogen) atoms. The maximum Gasteiger partial charge on any atom is 0.0575 e. The van der Waals surface area contributed by atoms with E-state index in [1.165, 1.54) is 75.3 Å². The van der Waals surface area contributed by atoms with Gasteiger partial charge in [-0.05, 0) is 43.2 Å². The molecule has 1 aromatic carbocycles. The minimum atomic E-state index is 0.524. The van der Waals surface area contributed by atoms with E-state index < -0.39 is 0 Å². The summed E-state index contributed by atoms with van der Waals surface area (Å²) in [7, 11) is 0. The van der Waals surface area contributed by atoms with Crippen LogP contribution in [-0.2, 0) is 11.2 Å². The van der Waals surface area contributed by atoms with E-state index >= 15 is 0 Å². The molecule has 1 aliphatic rings. The van der Waals surface area contributed by atoms with Crippen LogP contribution >= 0.6 is 0 Å². The standard InChI is InChI=1S/C21H34O/c1-3-5-7-9-18-11-13-19(14-12-18)20-15-16-21(22-17-20)10-8-6-4-2/h11-14,20-21H,3-10,15-17H2,1-2H3. The van der Waals surface area contributed by atoms with Crippen LogP contribution in [0.25, 0.3) is 0 Å². The van der Waals surface area contributed by atoms with E-state index in [1.807, 2.05) is 0 Å². The van der Waals surface area contributed by atoms with Crippen molar-refractivity contribution in [2.75, 3.05) is 6.61 Å². The Hall–Kier alpha value is -0.820. The Morgan fingerprint density at radius 1 is 0.909 bits per heavy atom. The Bertz CT molecular complexity index is 387. The highest BCUT2D eigenvalue weighted by Crippen LogP contribution is 2.30. The van der Waals surface area contributed by atoms with Gasteiger partial charge in [0, 0.05) is 5.92 Å². The van der Waals surface area contributed by atoms with Gasteiger partial charge < -0.3 is 4.74 Å². The summed E-state index contributed by atoms with van der Waals surface area (Å²) in [6.45, 7) is 5.46. The van der Waals surface area contributed by atoms with Crippen molar-refractivity contribution in [3.05, 3.63) is 35.4 Å². The Morgan fingerprint density at radius 3 is 2.27 bits per heavy atom. The van der Waals surface area contributed by atoms with Gasteiger partial charge in [0.05, 0.1) is 12.7 Å². The number of aryl methyl sites for hydroxylation is 1. The van der Waals surface area contributed by atoms with E-state index in [0.717, 1.165) is 6.61 Å². The highest BCUT2D eigenvalue weighted by Gasteiger charge is 2.22. The molecule has 1 heteroatoms. The quantitative estimate of drug-likeness (QED) is 0.489. The predicted octanol–water partition coefficient (Wildman–Crippen LogP) is 6.26. The molecule has 0 radical (unpaired) electrons. The molecular weight excluding hydrogens is 268 g/mol. The van der Waals surface area contributed by atoms with Crippen molar-refractivity contribution < 1.29 is 4.74 Å². The zero-order valence-corrected chi connectivity index (χ0v) is 14.7. The van der Waals surface area contributed by atoms with Gasteiger partial charge in [-0.15, -0.1) is 0 Å². The van der Waals surface area contributed by atoms with Gasteiger partial charge in [0.2, 0.25) is 0 Å². The van der Waals surface area contributed by atoms with Crippen LogP contribution < -0.4 is 0 Å². The van der Waals surface area contributed by atoms with Crippen LogP contribution in [-0.4, -0.2) is 12.7 Å². The molecule has 0 saturated carbocycles. The molecule has 2 rings (SSSR count). The summed E-state index contributed by atoms with van der Waals surface area (Å²) >= 11 is 0. The van der Waals surface area contributed by atoms with E-state index in [2.05, 4.69) is 38.1 Å². The second-order valence-corrected chi connectivity index (χ2v) is 6.92. The first-order valence-electron chi connectivity index (χ1n) is 9.54. The van der Waals surface area contributed by atoms with Gasteiger partial charge in [0.15, 0.2) is 0 Å². The number of hydrogen-bond donors (Lipinski definition) is 0. The smallest absolute Gasteiger partial charge is 0.0575 e. The van der Waals surface area contributed by atoms with Crippen molar-refractivity contribution >= 4 is 0 Å². The summed E-state index contributed by atoms with van der Waals surface area (Å²) in [6, 6.07) is 9.34. The van der Waals surface area contributed by atoms with Crippen molar-refractivity contribution in [1.29, 1.82) is 0 Å². The zero-order chi connectivity index (χ0) is 15.6. The molecule has 0 spiro atoms. The largest absolute Gasteiger partial charge is 0.378 e. The fraction of sp³-hybridized carbons (Fsp3) is 0.714. The molecule has 1 aliphatic heterocycles.